The molecule has 0 saturated heterocycles. The summed E-state index contributed by atoms with van der Waals surface area (Å²) in [6, 6.07) is 2.63. The van der Waals surface area contributed by atoms with Gasteiger partial charge in [0.1, 0.15) is 11.4 Å². The van der Waals surface area contributed by atoms with Crippen LogP contribution >= 0.6 is 0 Å². The third-order valence-electron chi connectivity index (χ3n) is 2.31. The normalized spacial score (nSPS) is 11.0. The molecule has 0 spiro atoms. The number of anilines is 1. The Morgan fingerprint density at radius 2 is 2.12 bits per heavy atom. The van der Waals surface area contributed by atoms with E-state index in [4.69, 9.17) is 9.84 Å². The first-order chi connectivity index (χ1) is 7.86. The van der Waals surface area contributed by atoms with Gasteiger partial charge in [0.15, 0.2) is 0 Å². The van der Waals surface area contributed by atoms with Crippen molar-refractivity contribution in [1.29, 1.82) is 0 Å². The van der Waals surface area contributed by atoms with Crippen LogP contribution in [0, 0.1) is 0 Å². The predicted octanol–water partition coefficient (Wildman–Crippen LogP) is 1.14. The highest BCUT2D eigenvalue weighted by atomic mass is 16.5. The Morgan fingerprint density at radius 3 is 2.65 bits per heavy atom. The van der Waals surface area contributed by atoms with E-state index in [9.17, 15) is 9.59 Å². The zero-order valence-electron chi connectivity index (χ0n) is 9.85. The minimum Gasteiger partial charge on any atom is -0.478 e. The van der Waals surface area contributed by atoms with E-state index >= 15 is 0 Å². The van der Waals surface area contributed by atoms with E-state index in [1.54, 1.807) is 13.8 Å². The quantitative estimate of drug-likeness (QED) is 0.821. The number of carbonyl (C=O) groups excluding carboxylic acids is 1. The average Bonchev–Trinajstić information content (AvgIpc) is 2.29. The first-order valence-electron chi connectivity index (χ1n) is 4.93. The Hall–Kier alpha value is -1.95. The summed E-state index contributed by atoms with van der Waals surface area (Å²) in [7, 11) is 1.42. The summed E-state index contributed by atoms with van der Waals surface area (Å²) in [5.74, 6) is -1.29. The van der Waals surface area contributed by atoms with Crippen LogP contribution in [0.4, 0.5) is 5.82 Å². The third-order valence-corrected chi connectivity index (χ3v) is 2.31. The van der Waals surface area contributed by atoms with Crippen LogP contribution in [-0.2, 0) is 9.53 Å². The number of ether oxygens (including phenoxy) is 1. The van der Waals surface area contributed by atoms with Crippen molar-refractivity contribution in [2.45, 2.75) is 19.4 Å². The second-order valence-corrected chi connectivity index (χ2v) is 3.90. The molecule has 0 aliphatic rings. The van der Waals surface area contributed by atoms with Crippen molar-refractivity contribution in [3.8, 4) is 0 Å². The lowest BCUT2D eigenvalue weighted by Crippen LogP contribution is -2.39. The molecule has 6 nitrogen and oxygen atoms in total. The van der Waals surface area contributed by atoms with Crippen LogP contribution in [0.25, 0.3) is 0 Å². The number of carboxylic acid groups (broad SMARTS) is 1. The topological polar surface area (TPSA) is 88.5 Å². The third kappa shape index (κ3) is 3.25. The molecule has 0 bridgehead atoms. The fourth-order valence-electron chi connectivity index (χ4n) is 0.991. The molecule has 92 valence electrons. The Bertz CT molecular complexity index is 443. The van der Waals surface area contributed by atoms with Crippen LogP contribution < -0.4 is 5.32 Å². The number of hydrogen-bond acceptors (Lipinski definition) is 4. The molecular weight excluding hydrogens is 224 g/mol. The summed E-state index contributed by atoms with van der Waals surface area (Å²) in [5.41, 5.74) is -0.938. The zero-order chi connectivity index (χ0) is 13.1. The molecule has 1 rings (SSSR count). The first-order valence-corrected chi connectivity index (χ1v) is 4.93. The predicted molar refractivity (Wildman–Crippen MR) is 60.9 cm³/mol. The number of carbonyl (C=O) groups is 2. The molecular formula is C11H14N2O4. The van der Waals surface area contributed by atoms with Gasteiger partial charge in [0.2, 0.25) is 0 Å². The van der Waals surface area contributed by atoms with Gasteiger partial charge in [-0.1, -0.05) is 0 Å². The first kappa shape index (κ1) is 13.1. The summed E-state index contributed by atoms with van der Waals surface area (Å²) >= 11 is 0. The standard InChI is InChI=1S/C11H14N2O4/c1-11(2,17-3)10(16)13-8-6-7(9(14)15)4-5-12-8/h4-6H,1-3H3,(H,14,15)(H,12,13,16). The molecule has 0 fully saturated rings. The molecule has 0 aromatic carbocycles. The Balaban J connectivity index is 2.86. The van der Waals surface area contributed by atoms with Crippen molar-refractivity contribution >= 4 is 17.7 Å². The van der Waals surface area contributed by atoms with Gasteiger partial charge in [0.05, 0.1) is 5.56 Å². The van der Waals surface area contributed by atoms with Crippen LogP contribution in [0.3, 0.4) is 0 Å². The lowest BCUT2D eigenvalue weighted by molar-refractivity contribution is -0.133. The number of carboxylic acids is 1. The molecule has 0 saturated carbocycles. The fraction of sp³-hybridized carbons (Fsp3) is 0.364. The summed E-state index contributed by atoms with van der Waals surface area (Å²) in [4.78, 5) is 26.3. The highest BCUT2D eigenvalue weighted by Crippen LogP contribution is 2.12. The molecule has 0 aliphatic heterocycles. The van der Waals surface area contributed by atoms with Crippen molar-refractivity contribution in [2.75, 3.05) is 12.4 Å². The van der Waals surface area contributed by atoms with Crippen LogP contribution in [0.2, 0.25) is 0 Å². The maximum absolute atomic E-state index is 11.7. The number of aromatic nitrogens is 1. The molecule has 1 aromatic rings. The Kier molecular flexibility index (Phi) is 3.80. The number of rotatable bonds is 4. The van der Waals surface area contributed by atoms with Gasteiger partial charge >= 0.3 is 5.97 Å². The molecule has 0 atom stereocenters. The highest BCUT2D eigenvalue weighted by molar-refractivity contribution is 5.97. The average molecular weight is 238 g/mol. The lowest BCUT2D eigenvalue weighted by Gasteiger charge is -2.21. The molecule has 1 heterocycles. The molecule has 6 heteroatoms. The Morgan fingerprint density at radius 1 is 1.47 bits per heavy atom. The number of pyridine rings is 1. The number of nitrogens with zero attached hydrogens (tertiary/aromatic N) is 1. The van der Waals surface area contributed by atoms with Crippen molar-refractivity contribution < 1.29 is 19.4 Å². The van der Waals surface area contributed by atoms with Gasteiger partial charge in [-0.3, -0.25) is 4.79 Å². The van der Waals surface area contributed by atoms with Gasteiger partial charge in [-0.15, -0.1) is 0 Å². The molecule has 1 amide bonds. The maximum atomic E-state index is 11.7. The summed E-state index contributed by atoms with van der Waals surface area (Å²) in [5, 5.41) is 11.3. The molecule has 0 unspecified atom stereocenters. The van der Waals surface area contributed by atoms with E-state index in [-0.39, 0.29) is 11.4 Å². The number of nitrogens with one attached hydrogen (secondary N) is 1. The largest absolute Gasteiger partial charge is 0.478 e. The van der Waals surface area contributed by atoms with Crippen molar-refractivity contribution in [1.82, 2.24) is 4.98 Å². The fourth-order valence-corrected chi connectivity index (χ4v) is 0.991. The molecule has 2 N–H and O–H groups in total. The summed E-state index contributed by atoms with van der Waals surface area (Å²) in [6.07, 6.45) is 1.32. The van der Waals surface area contributed by atoms with Gasteiger partial charge in [-0.05, 0) is 26.0 Å². The highest BCUT2D eigenvalue weighted by Gasteiger charge is 2.27. The Labute approximate surface area is 98.6 Å². The van der Waals surface area contributed by atoms with Crippen LogP contribution in [0.5, 0.6) is 0 Å². The van der Waals surface area contributed by atoms with Crippen molar-refractivity contribution in [2.24, 2.45) is 0 Å². The van der Waals surface area contributed by atoms with Gasteiger partial charge < -0.3 is 15.2 Å². The monoisotopic (exact) mass is 238 g/mol. The number of methoxy groups -OCH3 is 1. The molecule has 17 heavy (non-hydrogen) atoms. The zero-order valence-corrected chi connectivity index (χ0v) is 9.85. The van der Waals surface area contributed by atoms with E-state index in [0.29, 0.717) is 0 Å². The van der Waals surface area contributed by atoms with E-state index in [1.165, 1.54) is 25.4 Å². The summed E-state index contributed by atoms with van der Waals surface area (Å²) < 4.78 is 4.99. The van der Waals surface area contributed by atoms with Crippen LogP contribution in [-0.4, -0.2) is 34.7 Å². The minimum absolute atomic E-state index is 0.0607. The van der Waals surface area contributed by atoms with Gasteiger partial charge in [-0.2, -0.15) is 0 Å². The van der Waals surface area contributed by atoms with E-state index in [2.05, 4.69) is 10.3 Å². The number of aromatic carboxylic acids is 1. The number of hydrogen-bond donors (Lipinski definition) is 2. The van der Waals surface area contributed by atoms with Gasteiger partial charge in [0, 0.05) is 13.3 Å². The van der Waals surface area contributed by atoms with Crippen molar-refractivity contribution in [3.05, 3.63) is 23.9 Å². The van der Waals surface area contributed by atoms with E-state index in [0.717, 1.165) is 0 Å². The second-order valence-electron chi connectivity index (χ2n) is 3.90. The maximum Gasteiger partial charge on any atom is 0.335 e. The summed E-state index contributed by atoms with van der Waals surface area (Å²) in [6.45, 7) is 3.20. The SMILES string of the molecule is COC(C)(C)C(=O)Nc1cc(C(=O)O)ccn1. The van der Waals surface area contributed by atoms with Crippen molar-refractivity contribution in [3.63, 3.8) is 0 Å². The molecule has 1 aromatic heterocycles. The van der Waals surface area contributed by atoms with Crippen LogP contribution in [0.1, 0.15) is 24.2 Å². The lowest BCUT2D eigenvalue weighted by atomic mass is 10.1. The minimum atomic E-state index is -1.08. The molecule has 0 radical (unpaired) electrons. The number of amides is 1. The second kappa shape index (κ2) is 4.92. The van der Waals surface area contributed by atoms with Gasteiger partial charge in [0.25, 0.3) is 5.91 Å². The van der Waals surface area contributed by atoms with Gasteiger partial charge in [-0.25, -0.2) is 9.78 Å². The van der Waals surface area contributed by atoms with E-state index in [1.807, 2.05) is 0 Å². The van der Waals surface area contributed by atoms with Crippen LogP contribution in [0.15, 0.2) is 18.3 Å². The van der Waals surface area contributed by atoms with E-state index < -0.39 is 17.5 Å². The smallest absolute Gasteiger partial charge is 0.335 e. The molecule has 0 aliphatic carbocycles.